The Morgan fingerprint density at radius 3 is 2.59 bits per heavy atom. The van der Waals surface area contributed by atoms with Crippen LogP contribution in [0.25, 0.3) is 11.2 Å². The van der Waals surface area contributed by atoms with Crippen LogP contribution in [0.15, 0.2) is 40.2 Å². The van der Waals surface area contributed by atoms with Crippen molar-refractivity contribution in [3.05, 3.63) is 57.0 Å². The van der Waals surface area contributed by atoms with Gasteiger partial charge in [-0.1, -0.05) is 18.2 Å². The van der Waals surface area contributed by atoms with Crippen molar-refractivity contribution < 1.29 is 14.3 Å². The number of rotatable bonds is 7. The first kappa shape index (κ1) is 20.3. The van der Waals surface area contributed by atoms with Gasteiger partial charge in [0.1, 0.15) is 18.4 Å². The number of amides is 1. The highest BCUT2D eigenvalue weighted by molar-refractivity contribution is 5.78. The van der Waals surface area contributed by atoms with Crippen LogP contribution in [0.5, 0.6) is 5.75 Å². The minimum atomic E-state index is -0.503. The number of imidazole rings is 1. The molecule has 10 nitrogen and oxygen atoms in total. The largest absolute Gasteiger partial charge is 0.496 e. The van der Waals surface area contributed by atoms with E-state index in [2.05, 4.69) is 10.3 Å². The number of nitrogens with zero attached hydrogens (tertiary/aromatic N) is 4. The Hall–Kier alpha value is -3.40. The van der Waals surface area contributed by atoms with Gasteiger partial charge in [0.25, 0.3) is 5.56 Å². The quantitative estimate of drug-likeness (QED) is 0.594. The fourth-order valence-corrected chi connectivity index (χ4v) is 3.19. The zero-order chi connectivity index (χ0) is 21.1. The predicted molar refractivity (Wildman–Crippen MR) is 106 cm³/mol. The number of aromatic nitrogens is 4. The van der Waals surface area contributed by atoms with Crippen LogP contribution in [0.4, 0.5) is 0 Å². The summed E-state index contributed by atoms with van der Waals surface area (Å²) in [6.07, 6.45) is 0.974. The number of methoxy groups -OCH3 is 2. The summed E-state index contributed by atoms with van der Waals surface area (Å²) in [5, 5.41) is 2.80. The molecule has 0 fully saturated rings. The van der Waals surface area contributed by atoms with E-state index in [-0.39, 0.29) is 30.2 Å². The maximum absolute atomic E-state index is 12.5. The number of fused-ring (bicyclic) bond motifs is 1. The van der Waals surface area contributed by atoms with E-state index in [0.29, 0.717) is 5.75 Å². The molecule has 1 N–H and O–H groups in total. The molecule has 1 unspecified atom stereocenters. The molecule has 3 aromatic rings. The van der Waals surface area contributed by atoms with Crippen LogP contribution in [0.3, 0.4) is 0 Å². The molecule has 0 spiro atoms. The average molecular weight is 401 g/mol. The molecule has 0 aliphatic rings. The second-order valence-corrected chi connectivity index (χ2v) is 6.52. The summed E-state index contributed by atoms with van der Waals surface area (Å²) in [5.74, 6) is 0.343. The van der Waals surface area contributed by atoms with Crippen LogP contribution in [0.2, 0.25) is 0 Å². The monoisotopic (exact) mass is 401 g/mol. The van der Waals surface area contributed by atoms with E-state index in [0.717, 1.165) is 10.1 Å². The summed E-state index contributed by atoms with van der Waals surface area (Å²) in [4.78, 5) is 41.1. The third-order valence-electron chi connectivity index (χ3n) is 4.79. The van der Waals surface area contributed by atoms with E-state index in [1.54, 1.807) is 14.2 Å². The third kappa shape index (κ3) is 3.79. The van der Waals surface area contributed by atoms with Crippen LogP contribution in [-0.2, 0) is 30.2 Å². The van der Waals surface area contributed by atoms with Crippen molar-refractivity contribution in [1.82, 2.24) is 24.0 Å². The smallest absolute Gasteiger partial charge is 0.332 e. The van der Waals surface area contributed by atoms with Gasteiger partial charge < -0.3 is 19.4 Å². The summed E-state index contributed by atoms with van der Waals surface area (Å²) in [5.41, 5.74) is 0.261. The van der Waals surface area contributed by atoms with Crippen molar-refractivity contribution in [2.75, 3.05) is 20.8 Å². The van der Waals surface area contributed by atoms with Crippen LogP contribution in [-0.4, -0.2) is 45.4 Å². The number of hydrogen-bond donors (Lipinski definition) is 1. The molecule has 2 aromatic heterocycles. The summed E-state index contributed by atoms with van der Waals surface area (Å²) in [6.45, 7) is 0.102. The van der Waals surface area contributed by atoms with Crippen molar-refractivity contribution in [2.24, 2.45) is 14.1 Å². The lowest BCUT2D eigenvalue weighted by Crippen LogP contribution is -2.38. The number of para-hydroxylation sites is 1. The number of carbonyl (C=O) groups is 1. The zero-order valence-electron chi connectivity index (χ0n) is 16.7. The van der Waals surface area contributed by atoms with Crippen LogP contribution in [0.1, 0.15) is 11.7 Å². The molecular weight excluding hydrogens is 378 g/mol. The molecule has 0 saturated carbocycles. The number of aryl methyl sites for hydroxylation is 1. The van der Waals surface area contributed by atoms with Gasteiger partial charge in [-0.3, -0.25) is 18.7 Å². The molecule has 2 heterocycles. The lowest BCUT2D eigenvalue weighted by Gasteiger charge is -2.19. The van der Waals surface area contributed by atoms with E-state index in [1.165, 1.54) is 29.6 Å². The van der Waals surface area contributed by atoms with Crippen molar-refractivity contribution >= 4 is 17.1 Å². The molecule has 1 atom stereocenters. The van der Waals surface area contributed by atoms with Gasteiger partial charge in [0.15, 0.2) is 11.2 Å². The molecule has 0 radical (unpaired) electrons. The Kier molecular flexibility index (Phi) is 5.83. The number of hydrogen-bond acceptors (Lipinski definition) is 6. The first-order valence-corrected chi connectivity index (χ1v) is 8.92. The molecule has 10 heteroatoms. The maximum Gasteiger partial charge on any atom is 0.332 e. The zero-order valence-corrected chi connectivity index (χ0v) is 16.7. The number of nitrogens with one attached hydrogen (secondary N) is 1. The first-order chi connectivity index (χ1) is 13.9. The molecule has 0 saturated heterocycles. The summed E-state index contributed by atoms with van der Waals surface area (Å²) in [7, 11) is 6.04. The van der Waals surface area contributed by atoms with Crippen LogP contribution >= 0.6 is 0 Å². The number of ether oxygens (including phenoxy) is 2. The van der Waals surface area contributed by atoms with E-state index >= 15 is 0 Å². The highest BCUT2D eigenvalue weighted by Crippen LogP contribution is 2.26. The van der Waals surface area contributed by atoms with Gasteiger partial charge in [-0.2, -0.15) is 0 Å². The minimum absolute atomic E-state index is 0.119. The SMILES string of the molecule is COc1ccccc1C(CNC(=O)Cn1cnc2c1c(=O)n(C)c(=O)n2C)OC. The van der Waals surface area contributed by atoms with Crippen LogP contribution in [0, 0.1) is 0 Å². The Morgan fingerprint density at radius 2 is 1.90 bits per heavy atom. The highest BCUT2D eigenvalue weighted by atomic mass is 16.5. The van der Waals surface area contributed by atoms with Crippen molar-refractivity contribution in [2.45, 2.75) is 12.6 Å². The van der Waals surface area contributed by atoms with Crippen LogP contribution < -0.4 is 21.3 Å². The average Bonchev–Trinajstić information content (AvgIpc) is 3.15. The second-order valence-electron chi connectivity index (χ2n) is 6.52. The lowest BCUT2D eigenvalue weighted by molar-refractivity contribution is -0.122. The fraction of sp³-hybridized carbons (Fsp3) is 0.368. The summed E-state index contributed by atoms with van der Waals surface area (Å²) in [6, 6.07) is 7.41. The Balaban J connectivity index is 1.78. The molecule has 0 aliphatic heterocycles. The highest BCUT2D eigenvalue weighted by Gasteiger charge is 2.18. The van der Waals surface area contributed by atoms with Gasteiger partial charge in [-0.25, -0.2) is 9.78 Å². The Morgan fingerprint density at radius 1 is 1.17 bits per heavy atom. The normalized spacial score (nSPS) is 12.1. The lowest BCUT2D eigenvalue weighted by atomic mass is 10.1. The van der Waals surface area contributed by atoms with Crippen molar-refractivity contribution in [3.63, 3.8) is 0 Å². The Labute approximate surface area is 166 Å². The second kappa shape index (κ2) is 8.31. The van der Waals surface area contributed by atoms with Gasteiger partial charge in [-0.15, -0.1) is 0 Å². The third-order valence-corrected chi connectivity index (χ3v) is 4.79. The number of carbonyl (C=O) groups excluding carboxylic acids is 1. The van der Waals surface area contributed by atoms with E-state index in [9.17, 15) is 14.4 Å². The standard InChI is InChI=1S/C19H23N5O5/c1-22-17-16(18(26)23(2)19(22)27)24(11-21-17)10-15(25)20-9-14(29-4)12-7-5-6-8-13(12)28-3/h5-8,11,14H,9-10H2,1-4H3,(H,20,25). The molecular formula is C19H23N5O5. The molecule has 1 aromatic carbocycles. The molecule has 154 valence electrons. The van der Waals surface area contributed by atoms with E-state index in [1.807, 2.05) is 24.3 Å². The van der Waals surface area contributed by atoms with E-state index < -0.39 is 17.4 Å². The molecule has 29 heavy (non-hydrogen) atoms. The molecule has 0 bridgehead atoms. The minimum Gasteiger partial charge on any atom is -0.496 e. The predicted octanol–water partition coefficient (Wildman–Crippen LogP) is -0.0538. The first-order valence-electron chi connectivity index (χ1n) is 8.92. The summed E-state index contributed by atoms with van der Waals surface area (Å²) < 4.78 is 14.5. The summed E-state index contributed by atoms with van der Waals surface area (Å²) >= 11 is 0. The molecule has 1 amide bonds. The Bertz CT molecular complexity index is 1160. The topological polar surface area (TPSA) is 109 Å². The van der Waals surface area contributed by atoms with E-state index in [4.69, 9.17) is 9.47 Å². The van der Waals surface area contributed by atoms with Gasteiger partial charge >= 0.3 is 5.69 Å². The van der Waals surface area contributed by atoms with Crippen molar-refractivity contribution in [3.8, 4) is 5.75 Å². The number of benzene rings is 1. The molecule has 3 rings (SSSR count). The maximum atomic E-state index is 12.5. The van der Waals surface area contributed by atoms with Gasteiger partial charge in [-0.05, 0) is 6.07 Å². The fourth-order valence-electron chi connectivity index (χ4n) is 3.19. The van der Waals surface area contributed by atoms with Gasteiger partial charge in [0.05, 0.1) is 13.4 Å². The van der Waals surface area contributed by atoms with Gasteiger partial charge in [0.2, 0.25) is 5.91 Å². The van der Waals surface area contributed by atoms with Gasteiger partial charge in [0, 0.05) is 33.3 Å². The molecule has 0 aliphatic carbocycles. The van der Waals surface area contributed by atoms with Crippen molar-refractivity contribution in [1.29, 1.82) is 0 Å².